The molecule has 1 aromatic heterocycles. The molecule has 1 N–H and O–H groups in total. The van der Waals surface area contributed by atoms with Gasteiger partial charge in [0, 0.05) is 10.9 Å². The van der Waals surface area contributed by atoms with Gasteiger partial charge in [0.05, 0.1) is 10.2 Å². The second-order valence-corrected chi connectivity index (χ2v) is 6.26. The lowest BCUT2D eigenvalue weighted by molar-refractivity contribution is 0.220. The zero-order valence-electron chi connectivity index (χ0n) is 10.8. The van der Waals surface area contributed by atoms with E-state index in [0.29, 0.717) is 9.48 Å². The highest BCUT2D eigenvalue weighted by molar-refractivity contribution is 9.10. The van der Waals surface area contributed by atoms with Gasteiger partial charge in [0.1, 0.15) is 16.9 Å². The Morgan fingerprint density at radius 2 is 1.90 bits per heavy atom. The van der Waals surface area contributed by atoms with Crippen molar-refractivity contribution in [2.75, 3.05) is 0 Å². The number of thiazole rings is 1. The normalized spacial score (nSPS) is 12.3. The highest BCUT2D eigenvalue weighted by Crippen LogP contribution is 2.30. The molecule has 0 saturated carbocycles. The molecule has 0 spiro atoms. The molecule has 5 heteroatoms. The Labute approximate surface area is 134 Å². The number of halogens is 2. The van der Waals surface area contributed by atoms with E-state index in [1.54, 1.807) is 12.1 Å². The smallest absolute Gasteiger partial charge is 0.137 e. The maximum absolute atomic E-state index is 13.3. The number of aromatic nitrogens is 1. The van der Waals surface area contributed by atoms with Crippen LogP contribution in [-0.2, 0) is 0 Å². The van der Waals surface area contributed by atoms with Gasteiger partial charge in [0.15, 0.2) is 0 Å². The van der Waals surface area contributed by atoms with Crippen LogP contribution >= 0.6 is 27.3 Å². The fourth-order valence-electron chi connectivity index (χ4n) is 1.98. The van der Waals surface area contributed by atoms with Crippen LogP contribution in [0.5, 0.6) is 0 Å². The summed E-state index contributed by atoms with van der Waals surface area (Å²) in [7, 11) is 0. The molecule has 1 atom stereocenters. The van der Waals surface area contributed by atoms with Crippen LogP contribution in [0.2, 0.25) is 0 Å². The predicted octanol–water partition coefficient (Wildman–Crippen LogP) is 4.79. The molecule has 0 saturated heterocycles. The first-order valence-electron chi connectivity index (χ1n) is 6.29. The standard InChI is InChI=1S/C16H11BrFNOS/c17-12-8-11(6-7-13(12)18)14-9-21-16(19-14)15(20)10-4-2-1-3-5-10/h1-9,15,20H. The van der Waals surface area contributed by atoms with Crippen LogP contribution in [-0.4, -0.2) is 10.1 Å². The third-order valence-corrected chi connectivity index (χ3v) is 4.59. The summed E-state index contributed by atoms with van der Waals surface area (Å²) in [4.78, 5) is 4.45. The van der Waals surface area contributed by atoms with E-state index in [0.717, 1.165) is 16.8 Å². The molecule has 0 bridgehead atoms. The summed E-state index contributed by atoms with van der Waals surface area (Å²) in [6.45, 7) is 0. The van der Waals surface area contributed by atoms with Crippen LogP contribution < -0.4 is 0 Å². The van der Waals surface area contributed by atoms with Crippen LogP contribution in [0.1, 0.15) is 16.7 Å². The van der Waals surface area contributed by atoms with Crippen molar-refractivity contribution in [3.8, 4) is 11.3 Å². The van der Waals surface area contributed by atoms with E-state index in [2.05, 4.69) is 20.9 Å². The second kappa shape index (κ2) is 6.05. The molecule has 0 amide bonds. The van der Waals surface area contributed by atoms with Gasteiger partial charge in [-0.05, 0) is 39.7 Å². The van der Waals surface area contributed by atoms with Crippen LogP contribution in [0, 0.1) is 5.82 Å². The van der Waals surface area contributed by atoms with Gasteiger partial charge < -0.3 is 5.11 Å². The summed E-state index contributed by atoms with van der Waals surface area (Å²) in [5.74, 6) is -0.307. The topological polar surface area (TPSA) is 33.1 Å². The van der Waals surface area contributed by atoms with Crippen molar-refractivity contribution < 1.29 is 9.50 Å². The molecule has 2 nitrogen and oxygen atoms in total. The Kier molecular flexibility index (Phi) is 4.14. The quantitative estimate of drug-likeness (QED) is 0.725. The fourth-order valence-corrected chi connectivity index (χ4v) is 3.20. The lowest BCUT2D eigenvalue weighted by atomic mass is 10.1. The molecular formula is C16H11BrFNOS. The molecule has 21 heavy (non-hydrogen) atoms. The number of hydrogen-bond acceptors (Lipinski definition) is 3. The van der Waals surface area contributed by atoms with E-state index in [9.17, 15) is 9.50 Å². The maximum Gasteiger partial charge on any atom is 0.137 e. The molecule has 1 unspecified atom stereocenters. The van der Waals surface area contributed by atoms with Gasteiger partial charge in [-0.2, -0.15) is 0 Å². The molecule has 0 radical (unpaired) electrons. The third-order valence-electron chi connectivity index (χ3n) is 3.09. The maximum atomic E-state index is 13.3. The van der Waals surface area contributed by atoms with Crippen molar-refractivity contribution in [2.45, 2.75) is 6.10 Å². The number of rotatable bonds is 3. The van der Waals surface area contributed by atoms with Gasteiger partial charge in [-0.15, -0.1) is 11.3 Å². The molecule has 0 aliphatic heterocycles. The largest absolute Gasteiger partial charge is 0.381 e. The Balaban J connectivity index is 1.91. The molecule has 106 valence electrons. The minimum absolute atomic E-state index is 0.307. The van der Waals surface area contributed by atoms with Crippen molar-refractivity contribution in [3.63, 3.8) is 0 Å². The minimum atomic E-state index is -0.742. The fraction of sp³-hybridized carbons (Fsp3) is 0.0625. The van der Waals surface area contributed by atoms with Gasteiger partial charge in [-0.1, -0.05) is 30.3 Å². The second-order valence-electron chi connectivity index (χ2n) is 4.51. The zero-order chi connectivity index (χ0) is 14.8. The highest BCUT2D eigenvalue weighted by atomic mass is 79.9. The summed E-state index contributed by atoms with van der Waals surface area (Å²) in [5, 5.41) is 12.8. The Morgan fingerprint density at radius 1 is 1.14 bits per heavy atom. The number of aliphatic hydroxyl groups is 1. The summed E-state index contributed by atoms with van der Waals surface area (Å²) < 4.78 is 13.7. The summed E-state index contributed by atoms with van der Waals surface area (Å²) in [5.41, 5.74) is 2.34. The van der Waals surface area contributed by atoms with Crippen molar-refractivity contribution in [1.29, 1.82) is 0 Å². The van der Waals surface area contributed by atoms with Crippen molar-refractivity contribution in [3.05, 3.63) is 74.8 Å². The van der Waals surface area contributed by atoms with Crippen LogP contribution in [0.4, 0.5) is 4.39 Å². The first-order chi connectivity index (χ1) is 10.1. The lowest BCUT2D eigenvalue weighted by Gasteiger charge is -2.07. The Hall–Kier alpha value is -1.56. The number of benzene rings is 2. The van der Waals surface area contributed by atoms with Gasteiger partial charge in [0.25, 0.3) is 0 Å². The van der Waals surface area contributed by atoms with E-state index in [4.69, 9.17) is 0 Å². The molecular weight excluding hydrogens is 353 g/mol. The lowest BCUT2D eigenvalue weighted by Crippen LogP contribution is -1.98. The van der Waals surface area contributed by atoms with E-state index < -0.39 is 6.10 Å². The van der Waals surface area contributed by atoms with E-state index in [1.165, 1.54) is 17.4 Å². The van der Waals surface area contributed by atoms with E-state index >= 15 is 0 Å². The van der Waals surface area contributed by atoms with E-state index in [1.807, 2.05) is 35.7 Å². The van der Waals surface area contributed by atoms with Gasteiger partial charge in [-0.3, -0.25) is 0 Å². The average Bonchev–Trinajstić information content (AvgIpc) is 3.00. The van der Waals surface area contributed by atoms with Crippen LogP contribution in [0.25, 0.3) is 11.3 Å². The highest BCUT2D eigenvalue weighted by Gasteiger charge is 2.15. The van der Waals surface area contributed by atoms with Crippen molar-refractivity contribution in [2.24, 2.45) is 0 Å². The van der Waals surface area contributed by atoms with Crippen LogP contribution in [0.3, 0.4) is 0 Å². The first-order valence-corrected chi connectivity index (χ1v) is 7.96. The molecule has 0 aliphatic rings. The third kappa shape index (κ3) is 3.05. The van der Waals surface area contributed by atoms with E-state index in [-0.39, 0.29) is 5.82 Å². The molecule has 3 rings (SSSR count). The first kappa shape index (κ1) is 14.4. The summed E-state index contributed by atoms with van der Waals surface area (Å²) in [6, 6.07) is 14.1. The Bertz CT molecular complexity index is 760. The number of nitrogens with zero attached hydrogens (tertiary/aromatic N) is 1. The zero-order valence-corrected chi connectivity index (χ0v) is 13.2. The van der Waals surface area contributed by atoms with Crippen molar-refractivity contribution >= 4 is 27.3 Å². The predicted molar refractivity (Wildman–Crippen MR) is 85.7 cm³/mol. The summed E-state index contributed by atoms with van der Waals surface area (Å²) >= 11 is 4.55. The molecule has 1 heterocycles. The number of aliphatic hydroxyl groups excluding tert-OH is 1. The molecule has 3 aromatic rings. The minimum Gasteiger partial charge on any atom is -0.381 e. The average molecular weight is 364 g/mol. The Morgan fingerprint density at radius 3 is 2.62 bits per heavy atom. The SMILES string of the molecule is OC(c1ccccc1)c1nc(-c2ccc(F)c(Br)c2)cs1. The summed E-state index contributed by atoms with van der Waals surface area (Å²) in [6.07, 6.45) is -0.742. The van der Waals surface area contributed by atoms with Crippen LogP contribution in [0.15, 0.2) is 58.4 Å². The molecule has 0 aliphatic carbocycles. The monoisotopic (exact) mass is 363 g/mol. The van der Waals surface area contributed by atoms with Crippen molar-refractivity contribution in [1.82, 2.24) is 4.98 Å². The van der Waals surface area contributed by atoms with Gasteiger partial charge in [-0.25, -0.2) is 9.37 Å². The van der Waals surface area contributed by atoms with Gasteiger partial charge >= 0.3 is 0 Å². The molecule has 2 aromatic carbocycles. The van der Waals surface area contributed by atoms with Gasteiger partial charge in [0.2, 0.25) is 0 Å². The number of hydrogen-bond donors (Lipinski definition) is 1. The molecule has 0 fully saturated rings.